The molecular weight excluding hydrogens is 346 g/mol. The molecule has 1 fully saturated rings. The molecule has 5 heteroatoms. The van der Waals surface area contributed by atoms with Crippen LogP contribution >= 0.6 is 12.4 Å². The van der Waals surface area contributed by atoms with Crippen LogP contribution in [-0.4, -0.2) is 36.5 Å². The minimum Gasteiger partial charge on any atom is -0.326 e. The lowest BCUT2D eigenvalue weighted by atomic mass is 9.95. The summed E-state index contributed by atoms with van der Waals surface area (Å²) in [4.78, 5) is 14.6. The highest BCUT2D eigenvalue weighted by Gasteiger charge is 2.32. The molecule has 2 aromatic carbocycles. The van der Waals surface area contributed by atoms with E-state index in [0.717, 1.165) is 24.3 Å². The Balaban J connectivity index is 0.00000243. The molecule has 0 saturated carbocycles. The second-order valence-corrected chi connectivity index (χ2v) is 7.17. The van der Waals surface area contributed by atoms with Crippen LogP contribution in [0.5, 0.6) is 0 Å². The average molecular weight is 374 g/mol. The number of nitrogens with two attached hydrogens (primary N) is 1. The summed E-state index contributed by atoms with van der Waals surface area (Å²) in [6, 6.07) is 18.4. The van der Waals surface area contributed by atoms with E-state index in [2.05, 4.69) is 42.3 Å². The van der Waals surface area contributed by atoms with Gasteiger partial charge in [0.2, 0.25) is 5.91 Å². The summed E-state index contributed by atoms with van der Waals surface area (Å²) in [5.74, 6) is 0.685. The van der Waals surface area contributed by atoms with Gasteiger partial charge in [-0.15, -0.1) is 12.4 Å². The second kappa shape index (κ2) is 9.17. The fraction of sp³-hybridized carbons (Fsp3) is 0.381. The maximum atomic E-state index is 12.5. The zero-order valence-corrected chi connectivity index (χ0v) is 16.2. The Bertz CT molecular complexity index is 720. The number of hydrogen-bond donors (Lipinski definition) is 2. The Hall–Kier alpha value is -1.88. The molecule has 3 N–H and O–H groups in total. The van der Waals surface area contributed by atoms with E-state index < -0.39 is 0 Å². The van der Waals surface area contributed by atoms with Gasteiger partial charge in [0.1, 0.15) is 0 Å². The van der Waals surface area contributed by atoms with Crippen LogP contribution in [0.3, 0.4) is 0 Å². The largest absolute Gasteiger partial charge is 0.326 e. The molecule has 1 amide bonds. The number of anilines is 1. The number of benzene rings is 2. The lowest BCUT2D eigenvalue weighted by molar-refractivity contribution is -0.117. The Morgan fingerprint density at radius 1 is 1.12 bits per heavy atom. The van der Waals surface area contributed by atoms with Crippen LogP contribution in [0.4, 0.5) is 5.69 Å². The van der Waals surface area contributed by atoms with Crippen LogP contribution in [0, 0.1) is 0 Å². The summed E-state index contributed by atoms with van der Waals surface area (Å²) in [6.45, 7) is 6.22. The van der Waals surface area contributed by atoms with Crippen LogP contribution < -0.4 is 11.1 Å². The molecule has 1 aliphatic rings. The molecule has 1 heterocycles. The molecule has 0 bridgehead atoms. The fourth-order valence-corrected chi connectivity index (χ4v) is 3.60. The van der Waals surface area contributed by atoms with E-state index in [4.69, 9.17) is 5.73 Å². The van der Waals surface area contributed by atoms with Crippen LogP contribution in [0.25, 0.3) is 0 Å². The van der Waals surface area contributed by atoms with Crippen molar-refractivity contribution in [1.29, 1.82) is 0 Å². The predicted molar refractivity (Wildman–Crippen MR) is 110 cm³/mol. The zero-order chi connectivity index (χ0) is 17.8. The van der Waals surface area contributed by atoms with E-state index in [0.29, 0.717) is 12.5 Å². The summed E-state index contributed by atoms with van der Waals surface area (Å²) in [5.41, 5.74) is 9.64. The Morgan fingerprint density at radius 2 is 1.77 bits per heavy atom. The Labute approximate surface area is 162 Å². The zero-order valence-electron chi connectivity index (χ0n) is 15.4. The first kappa shape index (κ1) is 20.4. The van der Waals surface area contributed by atoms with E-state index in [9.17, 15) is 4.79 Å². The first-order valence-corrected chi connectivity index (χ1v) is 8.96. The second-order valence-electron chi connectivity index (χ2n) is 7.17. The minimum atomic E-state index is 0. The highest BCUT2D eigenvalue weighted by molar-refractivity contribution is 5.93. The van der Waals surface area contributed by atoms with Crippen LogP contribution in [0.2, 0.25) is 0 Å². The van der Waals surface area contributed by atoms with Gasteiger partial charge in [0.05, 0.1) is 6.54 Å². The van der Waals surface area contributed by atoms with E-state index in [-0.39, 0.29) is 30.3 Å². The van der Waals surface area contributed by atoms with Gasteiger partial charge in [0.15, 0.2) is 0 Å². The number of nitrogens with one attached hydrogen (secondary N) is 1. The monoisotopic (exact) mass is 373 g/mol. The SMILES string of the molecule is CC(C)c1ccccc1NC(=O)CN1C[C@@H](N)[C@H](c2ccccc2)C1.Cl. The summed E-state index contributed by atoms with van der Waals surface area (Å²) in [7, 11) is 0. The number of rotatable bonds is 5. The summed E-state index contributed by atoms with van der Waals surface area (Å²) in [6.07, 6.45) is 0. The number of amides is 1. The molecule has 1 aliphatic heterocycles. The predicted octanol–water partition coefficient (Wildman–Crippen LogP) is 3.60. The number of para-hydroxylation sites is 1. The number of likely N-dealkylation sites (tertiary alicyclic amines) is 1. The summed E-state index contributed by atoms with van der Waals surface area (Å²) >= 11 is 0. The number of halogens is 1. The highest BCUT2D eigenvalue weighted by Crippen LogP contribution is 2.27. The van der Waals surface area contributed by atoms with Crippen LogP contribution in [0.1, 0.15) is 36.8 Å². The first-order chi connectivity index (χ1) is 12.0. The minimum absolute atomic E-state index is 0. The van der Waals surface area contributed by atoms with Crippen molar-refractivity contribution in [2.24, 2.45) is 5.73 Å². The van der Waals surface area contributed by atoms with Gasteiger partial charge in [-0.1, -0.05) is 62.4 Å². The number of hydrogen-bond acceptors (Lipinski definition) is 3. The van der Waals surface area contributed by atoms with Crippen molar-refractivity contribution in [3.8, 4) is 0 Å². The van der Waals surface area contributed by atoms with Gasteiger partial charge in [0, 0.05) is 30.7 Å². The van der Waals surface area contributed by atoms with Crippen molar-refractivity contribution in [3.05, 3.63) is 65.7 Å². The molecule has 0 aromatic heterocycles. The quantitative estimate of drug-likeness (QED) is 0.841. The van der Waals surface area contributed by atoms with E-state index in [1.165, 1.54) is 5.56 Å². The lowest BCUT2D eigenvalue weighted by Gasteiger charge is -2.18. The summed E-state index contributed by atoms with van der Waals surface area (Å²) in [5, 5.41) is 3.07. The standard InChI is InChI=1S/C21H27N3O.ClH/c1-15(2)17-10-6-7-11-20(17)23-21(25)14-24-12-18(19(22)13-24)16-8-4-3-5-9-16;/h3-11,15,18-19H,12-14,22H2,1-2H3,(H,23,25);1H/t18-,19+;/m0./s1. The number of carbonyl (C=O) groups excluding carboxylic acids is 1. The molecule has 2 aromatic rings. The third-order valence-electron chi connectivity index (χ3n) is 4.89. The fourth-order valence-electron chi connectivity index (χ4n) is 3.60. The first-order valence-electron chi connectivity index (χ1n) is 8.96. The molecule has 4 nitrogen and oxygen atoms in total. The van der Waals surface area contributed by atoms with Crippen molar-refractivity contribution in [1.82, 2.24) is 4.90 Å². The third kappa shape index (κ3) is 4.85. The Kier molecular flexibility index (Phi) is 7.21. The average Bonchev–Trinajstić information content (AvgIpc) is 2.96. The van der Waals surface area contributed by atoms with Crippen molar-refractivity contribution in [3.63, 3.8) is 0 Å². The van der Waals surface area contributed by atoms with Crippen LogP contribution in [-0.2, 0) is 4.79 Å². The number of carbonyl (C=O) groups is 1. The van der Waals surface area contributed by atoms with Crippen molar-refractivity contribution >= 4 is 24.0 Å². The molecular formula is C21H28ClN3O. The normalized spacial score (nSPS) is 20.0. The topological polar surface area (TPSA) is 58.4 Å². The molecule has 26 heavy (non-hydrogen) atoms. The van der Waals surface area contributed by atoms with Crippen molar-refractivity contribution < 1.29 is 4.79 Å². The van der Waals surface area contributed by atoms with Gasteiger partial charge in [-0.2, -0.15) is 0 Å². The molecule has 0 aliphatic carbocycles. The smallest absolute Gasteiger partial charge is 0.238 e. The highest BCUT2D eigenvalue weighted by atomic mass is 35.5. The molecule has 1 saturated heterocycles. The molecule has 2 atom stereocenters. The van der Waals surface area contributed by atoms with E-state index in [1.807, 2.05) is 36.4 Å². The van der Waals surface area contributed by atoms with Gasteiger partial charge in [0.25, 0.3) is 0 Å². The molecule has 0 unspecified atom stereocenters. The maximum absolute atomic E-state index is 12.5. The lowest BCUT2D eigenvalue weighted by Crippen LogP contribution is -2.34. The third-order valence-corrected chi connectivity index (χ3v) is 4.89. The maximum Gasteiger partial charge on any atom is 0.238 e. The van der Waals surface area contributed by atoms with Gasteiger partial charge < -0.3 is 11.1 Å². The van der Waals surface area contributed by atoms with Crippen LogP contribution in [0.15, 0.2) is 54.6 Å². The van der Waals surface area contributed by atoms with Crippen molar-refractivity contribution in [2.45, 2.75) is 31.7 Å². The summed E-state index contributed by atoms with van der Waals surface area (Å²) < 4.78 is 0. The van der Waals surface area contributed by atoms with Gasteiger partial charge in [-0.25, -0.2) is 0 Å². The molecule has 0 spiro atoms. The molecule has 140 valence electrons. The molecule has 0 radical (unpaired) electrons. The van der Waals surface area contributed by atoms with Crippen molar-refractivity contribution in [2.75, 3.05) is 25.0 Å². The van der Waals surface area contributed by atoms with E-state index >= 15 is 0 Å². The Morgan fingerprint density at radius 3 is 2.46 bits per heavy atom. The number of nitrogens with zero attached hydrogens (tertiary/aromatic N) is 1. The molecule has 3 rings (SSSR count). The van der Waals surface area contributed by atoms with Gasteiger partial charge in [-0.3, -0.25) is 9.69 Å². The van der Waals surface area contributed by atoms with Gasteiger partial charge >= 0.3 is 0 Å². The van der Waals surface area contributed by atoms with Gasteiger partial charge in [-0.05, 0) is 23.1 Å². The van der Waals surface area contributed by atoms with E-state index in [1.54, 1.807) is 0 Å².